The molecule has 0 aromatic carbocycles. The monoisotopic (exact) mass is 322 g/mol. The molecular weight excluding hydrogens is 300 g/mol. The molecule has 0 radical (unpaired) electrons. The Bertz CT molecular complexity index is 215. The van der Waals surface area contributed by atoms with Gasteiger partial charge in [-0.15, -0.1) is 0 Å². The third-order valence-corrected chi connectivity index (χ3v) is 3.52. The number of unbranched alkanes of at least 4 members (excludes halogenated alkanes) is 2. The fraction of sp³-hybridized carbons (Fsp3) is 0.846. The molecule has 1 fully saturated rings. The van der Waals surface area contributed by atoms with Gasteiger partial charge in [0.15, 0.2) is 0 Å². The van der Waals surface area contributed by atoms with E-state index >= 15 is 0 Å². The van der Waals surface area contributed by atoms with E-state index in [9.17, 15) is 4.79 Å². The summed E-state index contributed by atoms with van der Waals surface area (Å²) in [7, 11) is 0. The second-order valence-electron chi connectivity index (χ2n) is 4.36. The zero-order valence-corrected chi connectivity index (χ0v) is 12.4. The van der Waals surface area contributed by atoms with Gasteiger partial charge in [-0.3, -0.25) is 9.59 Å². The van der Waals surface area contributed by atoms with Gasteiger partial charge in [0.05, 0.1) is 12.5 Å². The quantitative estimate of drug-likeness (QED) is 0.352. The van der Waals surface area contributed by atoms with Crippen molar-refractivity contribution in [1.29, 1.82) is 0 Å². The molecule has 0 atom stereocenters. The van der Waals surface area contributed by atoms with Gasteiger partial charge in [-0.1, -0.05) is 35.2 Å². The van der Waals surface area contributed by atoms with Crippen LogP contribution in [0.25, 0.3) is 0 Å². The summed E-state index contributed by atoms with van der Waals surface area (Å²) in [4.78, 5) is 20.0. The van der Waals surface area contributed by atoms with Crippen molar-refractivity contribution in [3.8, 4) is 0 Å². The van der Waals surface area contributed by atoms with Crippen molar-refractivity contribution in [2.75, 3.05) is 11.9 Å². The van der Waals surface area contributed by atoms with Crippen LogP contribution in [0.4, 0.5) is 0 Å². The number of alkyl halides is 1. The SMILES string of the molecule is O=C(OCCCCCBr)C1CCCCC1.O=CO. The number of rotatable bonds is 6. The Morgan fingerprint density at radius 3 is 2.39 bits per heavy atom. The van der Waals surface area contributed by atoms with Crippen LogP contribution in [0, 0.1) is 5.92 Å². The highest BCUT2D eigenvalue weighted by Gasteiger charge is 2.21. The van der Waals surface area contributed by atoms with Crippen LogP contribution in [0.2, 0.25) is 0 Å². The first-order chi connectivity index (χ1) is 8.76. The first-order valence-corrected chi connectivity index (χ1v) is 7.68. The third kappa shape index (κ3) is 9.45. The predicted octanol–water partition coefficient (Wildman–Crippen LogP) is 3.38. The molecule has 0 bridgehead atoms. The van der Waals surface area contributed by atoms with Crippen LogP contribution in [-0.4, -0.2) is 29.5 Å². The van der Waals surface area contributed by atoms with Crippen LogP contribution < -0.4 is 0 Å². The molecule has 0 unspecified atom stereocenters. The number of hydrogen-bond donors (Lipinski definition) is 1. The van der Waals surface area contributed by atoms with Crippen molar-refractivity contribution in [3.05, 3.63) is 0 Å². The lowest BCUT2D eigenvalue weighted by atomic mass is 9.89. The van der Waals surface area contributed by atoms with E-state index in [1.807, 2.05) is 0 Å². The average molecular weight is 323 g/mol. The number of carbonyl (C=O) groups excluding carboxylic acids is 1. The molecule has 5 heteroatoms. The summed E-state index contributed by atoms with van der Waals surface area (Å²) in [5.74, 6) is 0.253. The van der Waals surface area contributed by atoms with E-state index in [4.69, 9.17) is 14.6 Å². The molecule has 1 saturated carbocycles. The van der Waals surface area contributed by atoms with Gasteiger partial charge < -0.3 is 9.84 Å². The topological polar surface area (TPSA) is 63.6 Å². The van der Waals surface area contributed by atoms with E-state index < -0.39 is 0 Å². The van der Waals surface area contributed by atoms with E-state index in [0.29, 0.717) is 6.61 Å². The van der Waals surface area contributed by atoms with Crippen LogP contribution in [0.5, 0.6) is 0 Å². The van der Waals surface area contributed by atoms with Crippen LogP contribution in [0.3, 0.4) is 0 Å². The molecule has 0 amide bonds. The zero-order chi connectivity index (χ0) is 13.6. The Hall–Kier alpha value is -0.580. The van der Waals surface area contributed by atoms with Crippen LogP contribution in [0.15, 0.2) is 0 Å². The minimum absolute atomic E-state index is 0.0496. The number of ether oxygens (including phenoxy) is 1. The fourth-order valence-corrected chi connectivity index (χ4v) is 2.40. The fourth-order valence-electron chi connectivity index (χ4n) is 2.00. The van der Waals surface area contributed by atoms with Crippen LogP contribution in [0.1, 0.15) is 51.4 Å². The molecular formula is C13H23BrO4. The normalized spacial score (nSPS) is 15.4. The Labute approximate surface area is 117 Å². The van der Waals surface area contributed by atoms with Gasteiger partial charge >= 0.3 is 5.97 Å². The number of hydrogen-bond acceptors (Lipinski definition) is 3. The van der Waals surface area contributed by atoms with Gasteiger partial charge in [-0.05, 0) is 32.1 Å². The van der Waals surface area contributed by atoms with E-state index in [1.54, 1.807) is 0 Å². The van der Waals surface area contributed by atoms with E-state index in [2.05, 4.69) is 15.9 Å². The second-order valence-corrected chi connectivity index (χ2v) is 5.15. The molecule has 0 spiro atoms. The second kappa shape index (κ2) is 12.9. The smallest absolute Gasteiger partial charge is 0.308 e. The Morgan fingerprint density at radius 2 is 1.83 bits per heavy atom. The summed E-state index contributed by atoms with van der Waals surface area (Å²) in [6, 6.07) is 0. The number of esters is 1. The summed E-state index contributed by atoms with van der Waals surface area (Å²) in [6.07, 6.45) is 9.08. The maximum absolute atomic E-state index is 11.6. The molecule has 0 aromatic rings. The minimum Gasteiger partial charge on any atom is -0.483 e. The molecule has 0 saturated heterocycles. The van der Waals surface area contributed by atoms with Gasteiger partial charge in [0.2, 0.25) is 0 Å². The van der Waals surface area contributed by atoms with Crippen molar-refractivity contribution >= 4 is 28.4 Å². The van der Waals surface area contributed by atoms with Crippen molar-refractivity contribution in [2.45, 2.75) is 51.4 Å². The largest absolute Gasteiger partial charge is 0.483 e. The number of halogens is 1. The molecule has 106 valence electrons. The first kappa shape index (κ1) is 17.4. The number of carboxylic acid groups (broad SMARTS) is 1. The predicted molar refractivity (Wildman–Crippen MR) is 73.9 cm³/mol. The summed E-state index contributed by atoms with van der Waals surface area (Å²) < 4.78 is 5.27. The molecule has 18 heavy (non-hydrogen) atoms. The Balaban J connectivity index is 0.000000873. The van der Waals surface area contributed by atoms with Crippen molar-refractivity contribution in [2.24, 2.45) is 5.92 Å². The Kier molecular flexibility index (Phi) is 12.5. The molecule has 0 heterocycles. The van der Waals surface area contributed by atoms with Crippen LogP contribution >= 0.6 is 15.9 Å². The summed E-state index contributed by atoms with van der Waals surface area (Å²) in [5, 5.41) is 7.93. The van der Waals surface area contributed by atoms with Gasteiger partial charge in [0, 0.05) is 5.33 Å². The van der Waals surface area contributed by atoms with Gasteiger partial charge in [-0.25, -0.2) is 0 Å². The first-order valence-electron chi connectivity index (χ1n) is 6.56. The molecule has 0 aliphatic heterocycles. The van der Waals surface area contributed by atoms with E-state index in [-0.39, 0.29) is 18.4 Å². The van der Waals surface area contributed by atoms with Crippen molar-refractivity contribution in [3.63, 3.8) is 0 Å². The molecule has 1 aliphatic carbocycles. The molecule has 1 rings (SSSR count). The number of carbonyl (C=O) groups is 2. The van der Waals surface area contributed by atoms with Gasteiger partial charge in [-0.2, -0.15) is 0 Å². The standard InChI is InChI=1S/C12H21BrO2.CH2O2/c13-9-5-2-6-10-15-12(14)11-7-3-1-4-8-11;2-1-3/h11H,1-10H2;1H,(H,2,3). The highest BCUT2D eigenvalue weighted by Crippen LogP contribution is 2.24. The highest BCUT2D eigenvalue weighted by molar-refractivity contribution is 9.09. The molecule has 1 N–H and O–H groups in total. The lowest BCUT2D eigenvalue weighted by Gasteiger charge is -2.19. The van der Waals surface area contributed by atoms with Gasteiger partial charge in [0.25, 0.3) is 6.47 Å². The van der Waals surface area contributed by atoms with E-state index in [0.717, 1.165) is 31.0 Å². The van der Waals surface area contributed by atoms with Crippen molar-refractivity contribution < 1.29 is 19.4 Å². The summed E-state index contributed by atoms with van der Waals surface area (Å²) in [5.41, 5.74) is 0. The zero-order valence-electron chi connectivity index (χ0n) is 10.8. The maximum Gasteiger partial charge on any atom is 0.308 e. The molecule has 1 aliphatic rings. The maximum atomic E-state index is 11.6. The third-order valence-electron chi connectivity index (χ3n) is 2.96. The van der Waals surface area contributed by atoms with Crippen molar-refractivity contribution in [1.82, 2.24) is 0 Å². The summed E-state index contributed by atoms with van der Waals surface area (Å²) in [6.45, 7) is 0.363. The average Bonchev–Trinajstić information content (AvgIpc) is 2.40. The van der Waals surface area contributed by atoms with E-state index in [1.165, 1.54) is 25.7 Å². The minimum atomic E-state index is -0.250. The lowest BCUT2D eigenvalue weighted by Crippen LogP contribution is -2.20. The molecule has 4 nitrogen and oxygen atoms in total. The summed E-state index contributed by atoms with van der Waals surface area (Å²) >= 11 is 3.39. The van der Waals surface area contributed by atoms with Crippen LogP contribution in [-0.2, 0) is 14.3 Å². The molecule has 0 aromatic heterocycles. The van der Waals surface area contributed by atoms with Gasteiger partial charge in [0.1, 0.15) is 0 Å². The highest BCUT2D eigenvalue weighted by atomic mass is 79.9. The lowest BCUT2D eigenvalue weighted by molar-refractivity contribution is -0.149. The Morgan fingerprint density at radius 1 is 1.22 bits per heavy atom.